The highest BCUT2D eigenvalue weighted by atomic mass is 35.5. The van der Waals surface area contributed by atoms with Gasteiger partial charge in [-0.3, -0.25) is 4.99 Å². The van der Waals surface area contributed by atoms with Gasteiger partial charge < -0.3 is 10.8 Å². The number of thioether (sulfide) groups is 1. The molecule has 5 heteroatoms. The first kappa shape index (κ1) is 14.6. The molecule has 3 fully saturated rings. The van der Waals surface area contributed by atoms with Crippen LogP contribution in [0.2, 0.25) is 0 Å². The number of hydrogen-bond donors (Lipinski definition) is 2. The Labute approximate surface area is 136 Å². The number of rotatable bonds is 1. The van der Waals surface area contributed by atoms with E-state index < -0.39 is 5.60 Å². The van der Waals surface area contributed by atoms with Crippen LogP contribution in [0.15, 0.2) is 4.99 Å². The molecular weight excluding hydrogens is 304 g/mol. The standard InChI is InChI=1S/C16H25ClN2OS/c17-10-4-5-13-12(8-10)16(20,15(18)19-13)11-3-1-2-9-6-7-21-14(9)11/h9-14,20H,1-8H2,(H2,18,19). The smallest absolute Gasteiger partial charge is 0.130 e. The predicted molar refractivity (Wildman–Crippen MR) is 89.0 cm³/mol. The number of nitrogens with two attached hydrogens (primary N) is 1. The lowest BCUT2D eigenvalue weighted by molar-refractivity contribution is -0.0324. The Morgan fingerprint density at radius 1 is 1.19 bits per heavy atom. The maximum absolute atomic E-state index is 11.6. The molecule has 0 aromatic rings. The number of halogens is 1. The van der Waals surface area contributed by atoms with Crippen molar-refractivity contribution in [3.63, 3.8) is 0 Å². The fourth-order valence-corrected chi connectivity index (χ4v) is 7.46. The fourth-order valence-electron chi connectivity index (χ4n) is 5.31. The number of fused-ring (bicyclic) bond motifs is 2. The number of alkyl halides is 1. The molecule has 0 radical (unpaired) electrons. The largest absolute Gasteiger partial charge is 0.385 e. The van der Waals surface area contributed by atoms with Crippen LogP contribution in [0.4, 0.5) is 0 Å². The molecule has 4 aliphatic rings. The molecule has 3 nitrogen and oxygen atoms in total. The summed E-state index contributed by atoms with van der Waals surface area (Å²) in [5.41, 5.74) is 5.39. The van der Waals surface area contributed by atoms with E-state index in [2.05, 4.69) is 16.8 Å². The van der Waals surface area contributed by atoms with Crippen molar-refractivity contribution in [2.45, 2.75) is 67.2 Å². The molecule has 2 heterocycles. The summed E-state index contributed by atoms with van der Waals surface area (Å²) < 4.78 is 0. The monoisotopic (exact) mass is 328 g/mol. The van der Waals surface area contributed by atoms with Gasteiger partial charge in [0.25, 0.3) is 0 Å². The van der Waals surface area contributed by atoms with E-state index in [-0.39, 0.29) is 23.3 Å². The highest BCUT2D eigenvalue weighted by Gasteiger charge is 2.59. The highest BCUT2D eigenvalue weighted by molar-refractivity contribution is 8.00. The van der Waals surface area contributed by atoms with Gasteiger partial charge in [-0.2, -0.15) is 11.8 Å². The summed E-state index contributed by atoms with van der Waals surface area (Å²) in [6.45, 7) is 0. The normalized spacial score (nSPS) is 53.1. The van der Waals surface area contributed by atoms with E-state index in [0.29, 0.717) is 11.1 Å². The second-order valence-electron chi connectivity index (χ2n) is 7.35. The Morgan fingerprint density at radius 3 is 2.90 bits per heavy atom. The minimum absolute atomic E-state index is 0.152. The van der Waals surface area contributed by atoms with Crippen molar-refractivity contribution >= 4 is 29.2 Å². The zero-order valence-electron chi connectivity index (χ0n) is 12.4. The van der Waals surface area contributed by atoms with E-state index in [1.54, 1.807) is 0 Å². The molecule has 7 unspecified atom stereocenters. The van der Waals surface area contributed by atoms with Crippen LogP contribution in [-0.4, -0.2) is 39.0 Å². The van der Waals surface area contributed by atoms with Crippen molar-refractivity contribution in [3.05, 3.63) is 0 Å². The number of nitrogens with zero attached hydrogens (tertiary/aromatic N) is 1. The van der Waals surface area contributed by atoms with E-state index >= 15 is 0 Å². The number of aliphatic hydroxyl groups is 1. The Hall–Kier alpha value is 0.0700. The first-order chi connectivity index (χ1) is 10.1. The van der Waals surface area contributed by atoms with Crippen LogP contribution in [0.5, 0.6) is 0 Å². The molecule has 2 saturated carbocycles. The van der Waals surface area contributed by atoms with Gasteiger partial charge in [-0.15, -0.1) is 11.6 Å². The van der Waals surface area contributed by atoms with Gasteiger partial charge in [0.1, 0.15) is 11.4 Å². The lowest BCUT2D eigenvalue weighted by Gasteiger charge is -2.46. The molecule has 0 aromatic carbocycles. The Balaban J connectivity index is 1.66. The van der Waals surface area contributed by atoms with Gasteiger partial charge in [-0.05, 0) is 50.2 Å². The van der Waals surface area contributed by atoms with Gasteiger partial charge in [0.15, 0.2) is 0 Å². The summed E-state index contributed by atoms with van der Waals surface area (Å²) in [5.74, 6) is 2.97. The average Bonchev–Trinajstić information content (AvgIpc) is 3.04. The maximum atomic E-state index is 11.6. The third kappa shape index (κ3) is 2.16. The van der Waals surface area contributed by atoms with Crippen LogP contribution >= 0.6 is 23.4 Å². The van der Waals surface area contributed by atoms with Crippen molar-refractivity contribution in [2.24, 2.45) is 28.5 Å². The molecule has 0 amide bonds. The van der Waals surface area contributed by atoms with Gasteiger partial charge in [0.2, 0.25) is 0 Å². The van der Waals surface area contributed by atoms with Crippen molar-refractivity contribution in [2.75, 3.05) is 5.75 Å². The second kappa shape index (κ2) is 5.31. The van der Waals surface area contributed by atoms with Gasteiger partial charge in [-0.25, -0.2) is 0 Å². The SMILES string of the molecule is NC1=NC2CCC(Cl)CC2C1(O)C1CCCC2CCSC21. The van der Waals surface area contributed by atoms with Gasteiger partial charge in [-0.1, -0.05) is 6.42 Å². The molecule has 7 atom stereocenters. The summed E-state index contributed by atoms with van der Waals surface area (Å²) >= 11 is 8.46. The first-order valence-electron chi connectivity index (χ1n) is 8.42. The first-order valence-corrected chi connectivity index (χ1v) is 9.91. The van der Waals surface area contributed by atoms with Crippen molar-refractivity contribution in [1.82, 2.24) is 0 Å². The van der Waals surface area contributed by atoms with Crippen LogP contribution in [0.3, 0.4) is 0 Å². The van der Waals surface area contributed by atoms with Crippen LogP contribution < -0.4 is 5.73 Å². The van der Waals surface area contributed by atoms with Crippen molar-refractivity contribution in [1.29, 1.82) is 0 Å². The zero-order valence-corrected chi connectivity index (χ0v) is 14.0. The minimum Gasteiger partial charge on any atom is -0.385 e. The summed E-state index contributed by atoms with van der Waals surface area (Å²) in [5, 5.41) is 12.4. The summed E-state index contributed by atoms with van der Waals surface area (Å²) in [6.07, 6.45) is 7.81. The topological polar surface area (TPSA) is 58.6 Å². The van der Waals surface area contributed by atoms with Crippen LogP contribution in [0.25, 0.3) is 0 Å². The Kier molecular flexibility index (Phi) is 3.71. The molecule has 0 aromatic heterocycles. The number of hydrogen-bond acceptors (Lipinski definition) is 4. The summed E-state index contributed by atoms with van der Waals surface area (Å²) in [7, 11) is 0. The zero-order chi connectivity index (χ0) is 14.6. The van der Waals surface area contributed by atoms with Crippen molar-refractivity contribution < 1.29 is 5.11 Å². The molecule has 0 spiro atoms. The van der Waals surface area contributed by atoms with Crippen LogP contribution in [0, 0.1) is 17.8 Å². The minimum atomic E-state index is -0.890. The lowest BCUT2D eigenvalue weighted by Crippen LogP contribution is -2.58. The molecule has 2 aliphatic carbocycles. The average molecular weight is 329 g/mol. The van der Waals surface area contributed by atoms with E-state index in [1.165, 1.54) is 25.0 Å². The van der Waals surface area contributed by atoms with E-state index in [0.717, 1.165) is 31.6 Å². The lowest BCUT2D eigenvalue weighted by atomic mass is 9.64. The Bertz CT molecular complexity index is 460. The van der Waals surface area contributed by atoms with Crippen molar-refractivity contribution in [3.8, 4) is 0 Å². The molecule has 0 bridgehead atoms. The second-order valence-corrected chi connectivity index (χ2v) is 9.25. The van der Waals surface area contributed by atoms with Crippen LogP contribution in [-0.2, 0) is 0 Å². The highest BCUT2D eigenvalue weighted by Crippen LogP contribution is 2.54. The number of aliphatic imine (C=N–C) groups is 1. The van der Waals surface area contributed by atoms with E-state index in [1.807, 2.05) is 0 Å². The van der Waals surface area contributed by atoms with Gasteiger partial charge in [0.05, 0.1) is 6.04 Å². The van der Waals surface area contributed by atoms with E-state index in [4.69, 9.17) is 17.3 Å². The molecule has 21 heavy (non-hydrogen) atoms. The van der Waals surface area contributed by atoms with E-state index in [9.17, 15) is 5.11 Å². The summed E-state index contributed by atoms with van der Waals surface area (Å²) in [6, 6.07) is 0.205. The van der Waals surface area contributed by atoms with Gasteiger partial charge >= 0.3 is 0 Å². The molecular formula is C16H25ClN2OS. The van der Waals surface area contributed by atoms with Crippen LogP contribution in [0.1, 0.15) is 44.9 Å². The molecule has 4 rings (SSSR count). The Morgan fingerprint density at radius 2 is 2.05 bits per heavy atom. The molecule has 118 valence electrons. The number of amidine groups is 1. The predicted octanol–water partition coefficient (Wildman–Crippen LogP) is 2.79. The summed E-state index contributed by atoms with van der Waals surface area (Å²) in [4.78, 5) is 4.66. The third-order valence-electron chi connectivity index (χ3n) is 6.35. The molecule has 2 aliphatic heterocycles. The quantitative estimate of drug-likeness (QED) is 0.728. The third-order valence-corrected chi connectivity index (χ3v) is 8.31. The molecule has 1 saturated heterocycles. The maximum Gasteiger partial charge on any atom is 0.130 e. The molecule has 3 N–H and O–H groups in total. The fraction of sp³-hybridized carbons (Fsp3) is 0.938. The van der Waals surface area contributed by atoms with Gasteiger partial charge in [0, 0.05) is 22.5 Å².